The molecule has 168 valence electrons. The predicted octanol–water partition coefficient (Wildman–Crippen LogP) is 5.85. The summed E-state index contributed by atoms with van der Waals surface area (Å²) in [5.74, 6) is 0. The lowest BCUT2D eigenvalue weighted by atomic mass is 9.78. The van der Waals surface area contributed by atoms with Gasteiger partial charge in [0, 0.05) is 29.1 Å². The molecule has 1 aliphatic heterocycles. The van der Waals surface area contributed by atoms with Gasteiger partial charge >= 0.3 is 7.12 Å². The van der Waals surface area contributed by atoms with Crippen LogP contribution < -0.4 is 5.46 Å². The van der Waals surface area contributed by atoms with Crippen molar-refractivity contribution >= 4 is 71.4 Å². The van der Waals surface area contributed by atoms with Crippen molar-refractivity contribution in [2.75, 3.05) is 0 Å². The van der Waals surface area contributed by atoms with Crippen LogP contribution >= 0.6 is 38.6 Å². The number of hydrogen-bond acceptors (Lipinski definition) is 6. The van der Waals surface area contributed by atoms with Gasteiger partial charge in [0.1, 0.15) is 0 Å². The highest BCUT2D eigenvalue weighted by Crippen LogP contribution is 2.37. The number of benzene rings is 2. The maximum atomic E-state index is 9.31. The molecule has 8 heteroatoms. The van der Waals surface area contributed by atoms with Gasteiger partial charge in [-0.1, -0.05) is 30.3 Å². The lowest BCUT2D eigenvalue weighted by Crippen LogP contribution is -2.41. The van der Waals surface area contributed by atoms with Crippen LogP contribution in [0.15, 0.2) is 53.0 Å². The summed E-state index contributed by atoms with van der Waals surface area (Å²) in [4.78, 5) is 1.97. The molecule has 2 aromatic heterocycles. The quantitative estimate of drug-likeness (QED) is 0.325. The zero-order chi connectivity index (χ0) is 23.1. The summed E-state index contributed by atoms with van der Waals surface area (Å²) >= 11 is 6.70. The number of aliphatic hydroxyl groups excluding tert-OH is 2. The predicted molar refractivity (Wildman–Crippen MR) is 139 cm³/mol. The molecule has 0 radical (unpaired) electrons. The van der Waals surface area contributed by atoms with Gasteiger partial charge in [-0.15, -0.1) is 22.7 Å². The van der Waals surface area contributed by atoms with E-state index in [1.165, 1.54) is 10.1 Å². The smallest absolute Gasteiger partial charge is 0.399 e. The molecule has 0 spiro atoms. The van der Waals surface area contributed by atoms with Gasteiger partial charge in [-0.05, 0) is 72.6 Å². The average Bonchev–Trinajstić information content (AvgIpc) is 3.42. The van der Waals surface area contributed by atoms with E-state index < -0.39 is 0 Å². The van der Waals surface area contributed by atoms with Crippen LogP contribution in [-0.4, -0.2) is 28.5 Å². The fourth-order valence-electron chi connectivity index (χ4n) is 3.53. The minimum absolute atomic E-state index is 0.0716. The topological polar surface area (TPSA) is 58.9 Å². The Balaban J connectivity index is 0.000000174. The first-order valence-corrected chi connectivity index (χ1v) is 12.8. The number of thiophene rings is 2. The highest BCUT2D eigenvalue weighted by atomic mass is 79.9. The van der Waals surface area contributed by atoms with Crippen molar-refractivity contribution in [3.63, 3.8) is 0 Å². The Morgan fingerprint density at radius 3 is 1.84 bits per heavy atom. The van der Waals surface area contributed by atoms with Crippen LogP contribution in [0, 0.1) is 0 Å². The normalized spacial score (nSPS) is 17.0. The van der Waals surface area contributed by atoms with Crippen molar-refractivity contribution in [3.05, 3.63) is 62.8 Å². The number of rotatable bonds is 3. The zero-order valence-electron chi connectivity index (χ0n) is 18.5. The van der Waals surface area contributed by atoms with Crippen LogP contribution in [0.4, 0.5) is 0 Å². The molecule has 0 aliphatic carbocycles. The van der Waals surface area contributed by atoms with E-state index in [1.54, 1.807) is 22.7 Å². The molecule has 0 bridgehead atoms. The second-order valence-electron chi connectivity index (χ2n) is 8.75. The van der Waals surface area contributed by atoms with Crippen molar-refractivity contribution in [1.82, 2.24) is 0 Å². The van der Waals surface area contributed by atoms with E-state index in [2.05, 4.69) is 55.8 Å². The van der Waals surface area contributed by atoms with E-state index in [4.69, 9.17) is 14.4 Å². The summed E-state index contributed by atoms with van der Waals surface area (Å²) in [7, 11) is -0.353. The van der Waals surface area contributed by atoms with Gasteiger partial charge in [-0.3, -0.25) is 0 Å². The van der Waals surface area contributed by atoms with Crippen LogP contribution in [0.2, 0.25) is 0 Å². The standard InChI is InChI=1S/C15H19BO3S.C9H7BrOS/c1-14(2)15(3,4)19-16(18-14)12-7-5-6-10-8-11(9-17)20-13(10)12;10-8-3-1-2-6-4-7(5-11)12-9(6)8/h5-8,17H,9H2,1-4H3;1-4,11H,5H2. The summed E-state index contributed by atoms with van der Waals surface area (Å²) in [6.45, 7) is 8.43. The Labute approximate surface area is 205 Å². The Bertz CT molecular complexity index is 1230. The molecular formula is C24H26BBrO4S2. The van der Waals surface area contributed by atoms with Crippen LogP contribution in [0.25, 0.3) is 20.2 Å². The Hall–Kier alpha value is -1.26. The number of fused-ring (bicyclic) bond motifs is 2. The number of halogens is 1. The molecule has 32 heavy (non-hydrogen) atoms. The van der Waals surface area contributed by atoms with Gasteiger partial charge < -0.3 is 19.5 Å². The number of hydrogen-bond donors (Lipinski definition) is 2. The molecule has 4 nitrogen and oxygen atoms in total. The summed E-state index contributed by atoms with van der Waals surface area (Å²) in [5.41, 5.74) is 0.374. The highest BCUT2D eigenvalue weighted by molar-refractivity contribution is 9.10. The average molecular weight is 533 g/mol. The summed E-state index contributed by atoms with van der Waals surface area (Å²) in [6.07, 6.45) is 0. The summed E-state index contributed by atoms with van der Waals surface area (Å²) in [6, 6.07) is 16.2. The lowest BCUT2D eigenvalue weighted by molar-refractivity contribution is 0.00578. The van der Waals surface area contributed by atoms with E-state index in [0.29, 0.717) is 0 Å². The second kappa shape index (κ2) is 9.18. The molecule has 0 unspecified atom stereocenters. The zero-order valence-corrected chi connectivity index (χ0v) is 21.7. The minimum atomic E-state index is -0.353. The molecule has 1 saturated heterocycles. The van der Waals surface area contributed by atoms with E-state index in [9.17, 15) is 5.11 Å². The first kappa shape index (κ1) is 23.9. The molecule has 3 heterocycles. The van der Waals surface area contributed by atoms with E-state index >= 15 is 0 Å². The fourth-order valence-corrected chi connectivity index (χ4v) is 6.12. The highest BCUT2D eigenvalue weighted by Gasteiger charge is 2.52. The van der Waals surface area contributed by atoms with Crippen LogP contribution in [0.5, 0.6) is 0 Å². The molecule has 1 fully saturated rings. The van der Waals surface area contributed by atoms with Crippen molar-refractivity contribution in [2.45, 2.75) is 52.1 Å². The minimum Gasteiger partial charge on any atom is -0.399 e. The van der Waals surface area contributed by atoms with Crippen molar-refractivity contribution < 1.29 is 19.5 Å². The molecular weight excluding hydrogens is 507 g/mol. The maximum absolute atomic E-state index is 9.31. The van der Waals surface area contributed by atoms with Gasteiger partial charge in [0.25, 0.3) is 0 Å². The van der Waals surface area contributed by atoms with Crippen LogP contribution in [0.3, 0.4) is 0 Å². The first-order valence-electron chi connectivity index (χ1n) is 10.4. The summed E-state index contributed by atoms with van der Waals surface area (Å²) < 4.78 is 15.7. The molecule has 1 aliphatic rings. The van der Waals surface area contributed by atoms with Crippen LogP contribution in [0.1, 0.15) is 37.4 Å². The Morgan fingerprint density at radius 1 is 0.812 bits per heavy atom. The fraction of sp³-hybridized carbons (Fsp3) is 0.333. The SMILES string of the molecule is CC1(C)OB(c2cccc3cc(CO)sc23)OC1(C)C.OCc1cc2cccc(Br)c2s1. The third-order valence-corrected chi connectivity index (χ3v) is 9.27. The number of aliphatic hydroxyl groups is 2. The molecule has 2 aromatic carbocycles. The van der Waals surface area contributed by atoms with E-state index in [1.807, 2.05) is 36.4 Å². The molecule has 0 saturated carbocycles. The third kappa shape index (κ3) is 4.55. The third-order valence-electron chi connectivity index (χ3n) is 5.99. The molecule has 2 N–H and O–H groups in total. The second-order valence-corrected chi connectivity index (χ2v) is 11.9. The largest absolute Gasteiger partial charge is 0.496 e. The van der Waals surface area contributed by atoms with Crippen molar-refractivity contribution in [1.29, 1.82) is 0 Å². The monoisotopic (exact) mass is 532 g/mol. The molecule has 0 atom stereocenters. The lowest BCUT2D eigenvalue weighted by Gasteiger charge is -2.32. The Morgan fingerprint density at radius 2 is 1.31 bits per heavy atom. The maximum Gasteiger partial charge on any atom is 0.496 e. The summed E-state index contributed by atoms with van der Waals surface area (Å²) in [5, 5.41) is 20.6. The Kier molecular flexibility index (Phi) is 6.85. The van der Waals surface area contributed by atoms with Gasteiger partial charge in [0.05, 0.1) is 24.4 Å². The van der Waals surface area contributed by atoms with Gasteiger partial charge in [0.15, 0.2) is 0 Å². The van der Waals surface area contributed by atoms with Crippen LogP contribution in [-0.2, 0) is 22.5 Å². The van der Waals surface area contributed by atoms with Gasteiger partial charge in [-0.2, -0.15) is 0 Å². The molecule has 4 aromatic rings. The van der Waals surface area contributed by atoms with Gasteiger partial charge in [-0.25, -0.2) is 0 Å². The molecule has 0 amide bonds. The first-order chi connectivity index (χ1) is 15.1. The van der Waals surface area contributed by atoms with Crippen molar-refractivity contribution in [2.24, 2.45) is 0 Å². The van der Waals surface area contributed by atoms with Crippen molar-refractivity contribution in [3.8, 4) is 0 Å². The van der Waals surface area contributed by atoms with E-state index in [0.717, 1.165) is 29.8 Å². The van der Waals surface area contributed by atoms with Gasteiger partial charge in [0.2, 0.25) is 0 Å². The van der Waals surface area contributed by atoms with E-state index in [-0.39, 0.29) is 31.5 Å². The molecule has 5 rings (SSSR count).